The minimum absolute atomic E-state index is 0.0192. The Morgan fingerprint density at radius 2 is 1.79 bits per heavy atom. The van der Waals surface area contributed by atoms with E-state index in [0.717, 1.165) is 31.4 Å². The molecule has 1 aromatic carbocycles. The lowest BCUT2D eigenvalue weighted by Gasteiger charge is -2.61. The van der Waals surface area contributed by atoms with Gasteiger partial charge in [-0.15, -0.1) is 0 Å². The molecule has 0 unspecified atom stereocenters. The van der Waals surface area contributed by atoms with Crippen LogP contribution in [0.1, 0.15) is 70.6 Å². The number of methoxy groups -OCH3 is 1. The molecule has 2 bridgehead atoms. The maximum Gasteiger partial charge on any atom is 0.199 e. The first-order valence-corrected chi connectivity index (χ1v) is 11.3. The lowest BCUT2D eigenvalue weighted by atomic mass is 9.55. The summed E-state index contributed by atoms with van der Waals surface area (Å²) in [5.41, 5.74) is 3.13. The van der Waals surface area contributed by atoms with Crippen molar-refractivity contribution in [1.82, 2.24) is 0 Å². The van der Waals surface area contributed by atoms with Gasteiger partial charge in [-0.1, -0.05) is 26.8 Å². The van der Waals surface area contributed by atoms with Crippen LogP contribution < -0.4 is 4.74 Å². The fraction of sp³-hybridized carbons (Fsp3) is 0.760. The van der Waals surface area contributed by atoms with Gasteiger partial charge in [-0.2, -0.15) is 0 Å². The number of rotatable bonds is 1. The van der Waals surface area contributed by atoms with Crippen molar-refractivity contribution in [3.63, 3.8) is 0 Å². The molecular formula is C25H36O4. The van der Waals surface area contributed by atoms with Crippen LogP contribution in [0.4, 0.5) is 0 Å². The summed E-state index contributed by atoms with van der Waals surface area (Å²) in [6.45, 7) is 13.1. The third kappa shape index (κ3) is 2.11. The highest BCUT2D eigenvalue weighted by Gasteiger charge is 2.75. The number of aliphatic hydroxyl groups excluding tert-OH is 1. The molecule has 4 heteroatoms. The Bertz CT molecular complexity index is 863. The van der Waals surface area contributed by atoms with Gasteiger partial charge in [0.05, 0.1) is 12.7 Å². The molecule has 2 aliphatic heterocycles. The molecule has 2 saturated heterocycles. The van der Waals surface area contributed by atoms with Crippen molar-refractivity contribution in [2.45, 2.75) is 90.3 Å². The summed E-state index contributed by atoms with van der Waals surface area (Å²) in [7, 11) is 1.74. The zero-order chi connectivity index (χ0) is 21.0. The number of hydrogen-bond donors (Lipinski definition) is 1. The van der Waals surface area contributed by atoms with Crippen LogP contribution in [0.5, 0.6) is 5.75 Å². The molecule has 3 fully saturated rings. The van der Waals surface area contributed by atoms with E-state index in [2.05, 4.69) is 53.7 Å². The van der Waals surface area contributed by atoms with Crippen molar-refractivity contribution in [3.8, 4) is 5.75 Å². The monoisotopic (exact) mass is 400 g/mol. The van der Waals surface area contributed by atoms with Crippen molar-refractivity contribution >= 4 is 0 Å². The summed E-state index contributed by atoms with van der Waals surface area (Å²) in [6.07, 6.45) is 3.65. The van der Waals surface area contributed by atoms with E-state index in [0.29, 0.717) is 5.92 Å². The Balaban J connectivity index is 1.71. The first-order valence-electron chi connectivity index (χ1n) is 11.3. The minimum atomic E-state index is -0.938. The Morgan fingerprint density at radius 3 is 2.41 bits per heavy atom. The smallest absolute Gasteiger partial charge is 0.199 e. The van der Waals surface area contributed by atoms with Crippen molar-refractivity contribution in [3.05, 3.63) is 28.8 Å². The summed E-state index contributed by atoms with van der Waals surface area (Å²) >= 11 is 0. The first-order chi connectivity index (χ1) is 13.5. The van der Waals surface area contributed by atoms with Gasteiger partial charge in [0, 0.05) is 17.3 Å². The van der Waals surface area contributed by atoms with E-state index in [9.17, 15) is 5.11 Å². The van der Waals surface area contributed by atoms with Crippen LogP contribution in [0.2, 0.25) is 0 Å². The summed E-state index contributed by atoms with van der Waals surface area (Å²) in [4.78, 5) is 0. The standard InChI is InChI=1S/C25H36O4/c1-14-17-10-12-23(6)18-11-13-24(23,19(17)8-9-20(14)27-7)29-25(15(18)2)21(26)16(3)22(4,5)28-25/h8-9,15-16,18,21,26H,10-13H2,1-7H3/t15-,16-,18+,21+,23+,24-,25-/m0/s1. The molecule has 0 amide bonds. The maximum absolute atomic E-state index is 11.4. The van der Waals surface area contributed by atoms with E-state index in [4.69, 9.17) is 14.2 Å². The van der Waals surface area contributed by atoms with Crippen molar-refractivity contribution in [1.29, 1.82) is 0 Å². The lowest BCUT2D eigenvalue weighted by Crippen LogP contribution is -2.65. The van der Waals surface area contributed by atoms with E-state index in [1.165, 1.54) is 16.7 Å². The molecule has 29 heavy (non-hydrogen) atoms. The molecular weight excluding hydrogens is 364 g/mol. The zero-order valence-electron chi connectivity index (χ0n) is 19.0. The third-order valence-corrected chi connectivity index (χ3v) is 9.62. The fourth-order valence-electron chi connectivity index (χ4n) is 7.54. The summed E-state index contributed by atoms with van der Waals surface area (Å²) in [5.74, 6) is 0.659. The largest absolute Gasteiger partial charge is 0.496 e. The summed E-state index contributed by atoms with van der Waals surface area (Å²) in [5, 5.41) is 11.4. The highest BCUT2D eigenvalue weighted by molar-refractivity contribution is 5.50. The molecule has 1 saturated carbocycles. The van der Waals surface area contributed by atoms with E-state index in [1.54, 1.807) is 7.11 Å². The average Bonchev–Trinajstić information content (AvgIpc) is 3.00. The van der Waals surface area contributed by atoms with Crippen LogP contribution in [0.15, 0.2) is 12.1 Å². The molecule has 1 N–H and O–H groups in total. The van der Waals surface area contributed by atoms with Gasteiger partial charge in [-0.25, -0.2) is 0 Å². The normalized spacial score (nSPS) is 47.2. The first kappa shape index (κ1) is 19.8. The Labute approximate surface area is 174 Å². The predicted octanol–water partition coefficient (Wildman–Crippen LogP) is 4.73. The minimum Gasteiger partial charge on any atom is -0.496 e. The van der Waals surface area contributed by atoms with Gasteiger partial charge in [0.25, 0.3) is 0 Å². The summed E-state index contributed by atoms with van der Waals surface area (Å²) < 4.78 is 19.5. The molecule has 160 valence electrons. The predicted molar refractivity (Wildman–Crippen MR) is 112 cm³/mol. The Hall–Kier alpha value is -1.10. The van der Waals surface area contributed by atoms with Crippen LogP contribution in [-0.2, 0) is 21.5 Å². The van der Waals surface area contributed by atoms with Gasteiger partial charge in [0.2, 0.25) is 0 Å². The van der Waals surface area contributed by atoms with Crippen LogP contribution >= 0.6 is 0 Å². The lowest BCUT2D eigenvalue weighted by molar-refractivity contribution is -0.391. The van der Waals surface area contributed by atoms with Gasteiger partial charge in [-0.05, 0) is 75.1 Å². The quantitative estimate of drug-likeness (QED) is 0.740. The van der Waals surface area contributed by atoms with Crippen LogP contribution in [-0.4, -0.2) is 29.7 Å². The molecule has 1 spiro atoms. The molecule has 2 heterocycles. The SMILES string of the molecule is COc1ccc2c(c1C)CC[C@]1(C)[C@@H]3CC[C@]21O[C@@]1(OC(C)(C)[C@@H](C)[C@H]1O)[C@H]3C. The molecule has 5 rings (SSSR count). The molecule has 1 aromatic rings. The second-order valence-corrected chi connectivity index (χ2v) is 10.9. The number of benzene rings is 1. The van der Waals surface area contributed by atoms with Gasteiger partial charge < -0.3 is 19.3 Å². The van der Waals surface area contributed by atoms with Crippen LogP contribution in [0.25, 0.3) is 0 Å². The molecule has 0 aromatic heterocycles. The Morgan fingerprint density at radius 1 is 1.07 bits per heavy atom. The number of ether oxygens (including phenoxy) is 3. The molecule has 0 radical (unpaired) electrons. The number of fused-ring (bicyclic) bond motifs is 1. The topological polar surface area (TPSA) is 47.9 Å². The van der Waals surface area contributed by atoms with E-state index >= 15 is 0 Å². The van der Waals surface area contributed by atoms with Crippen molar-refractivity contribution < 1.29 is 19.3 Å². The second kappa shape index (κ2) is 5.77. The fourth-order valence-corrected chi connectivity index (χ4v) is 7.54. The van der Waals surface area contributed by atoms with E-state index in [-0.39, 0.29) is 17.3 Å². The van der Waals surface area contributed by atoms with Gasteiger partial charge in [0.15, 0.2) is 5.79 Å². The van der Waals surface area contributed by atoms with Crippen LogP contribution in [0.3, 0.4) is 0 Å². The highest BCUT2D eigenvalue weighted by Crippen LogP contribution is 2.72. The van der Waals surface area contributed by atoms with E-state index < -0.39 is 23.1 Å². The van der Waals surface area contributed by atoms with E-state index in [1.807, 2.05) is 0 Å². The van der Waals surface area contributed by atoms with Crippen molar-refractivity contribution in [2.24, 2.45) is 23.2 Å². The highest BCUT2D eigenvalue weighted by atomic mass is 16.7. The molecule has 2 aliphatic carbocycles. The third-order valence-electron chi connectivity index (χ3n) is 9.62. The van der Waals surface area contributed by atoms with Gasteiger partial charge in [0.1, 0.15) is 17.5 Å². The maximum atomic E-state index is 11.4. The second-order valence-electron chi connectivity index (χ2n) is 10.9. The number of hydrogen-bond acceptors (Lipinski definition) is 4. The molecule has 4 aliphatic rings. The van der Waals surface area contributed by atoms with Crippen molar-refractivity contribution in [2.75, 3.05) is 7.11 Å². The molecule has 7 atom stereocenters. The van der Waals surface area contributed by atoms with Gasteiger partial charge in [-0.3, -0.25) is 0 Å². The van der Waals surface area contributed by atoms with Crippen LogP contribution in [0, 0.1) is 30.1 Å². The van der Waals surface area contributed by atoms with Gasteiger partial charge >= 0.3 is 0 Å². The summed E-state index contributed by atoms with van der Waals surface area (Å²) in [6, 6.07) is 4.31. The Kier molecular flexibility index (Phi) is 3.95. The molecule has 4 nitrogen and oxygen atoms in total. The average molecular weight is 401 g/mol. The number of aliphatic hydroxyl groups is 1. The zero-order valence-corrected chi connectivity index (χ0v) is 19.0.